The number of nitrogens with one attached hydrogen (secondary N) is 1. The lowest BCUT2D eigenvalue weighted by molar-refractivity contribution is 0.197. The summed E-state index contributed by atoms with van der Waals surface area (Å²) in [6.07, 6.45) is 10.1. The van der Waals surface area contributed by atoms with Crippen molar-refractivity contribution >= 4 is 28.7 Å². The third-order valence-corrected chi connectivity index (χ3v) is 7.59. The number of thiocarbonyl (C=S) groups is 1. The number of hydrogen-bond acceptors (Lipinski definition) is 4. The molecule has 4 heterocycles. The van der Waals surface area contributed by atoms with Crippen molar-refractivity contribution in [3.05, 3.63) is 64.7 Å². The Kier molecular flexibility index (Phi) is 5.33. The topological polar surface area (TPSA) is 46.0 Å². The van der Waals surface area contributed by atoms with Gasteiger partial charge in [0, 0.05) is 35.2 Å². The van der Waals surface area contributed by atoms with E-state index in [-0.39, 0.29) is 12.1 Å². The summed E-state index contributed by atoms with van der Waals surface area (Å²) in [5.41, 5.74) is 4.80. The second-order valence-electron chi connectivity index (χ2n) is 8.30. The second-order valence-corrected chi connectivity index (χ2v) is 9.56. The molecule has 156 valence electrons. The molecule has 7 heteroatoms. The summed E-state index contributed by atoms with van der Waals surface area (Å²) < 4.78 is 2.27. The van der Waals surface area contributed by atoms with E-state index in [0.717, 1.165) is 15.9 Å². The van der Waals surface area contributed by atoms with Gasteiger partial charge in [-0.25, -0.2) is 4.98 Å². The predicted molar refractivity (Wildman–Crippen MR) is 125 cm³/mol. The van der Waals surface area contributed by atoms with Gasteiger partial charge in [-0.2, -0.15) is 0 Å². The molecule has 0 bridgehead atoms. The van der Waals surface area contributed by atoms with Gasteiger partial charge in [-0.3, -0.25) is 9.55 Å². The molecule has 2 fully saturated rings. The highest BCUT2D eigenvalue weighted by molar-refractivity contribution is 7.80. The van der Waals surface area contributed by atoms with Crippen LogP contribution in [0.2, 0.25) is 0 Å². The minimum atomic E-state index is 0.0471. The maximum absolute atomic E-state index is 5.91. The number of aryl methyl sites for hydroxylation is 1. The molecule has 1 aliphatic carbocycles. The Balaban J connectivity index is 1.62. The van der Waals surface area contributed by atoms with Crippen LogP contribution in [0.4, 0.5) is 0 Å². The largest absolute Gasteiger partial charge is 0.352 e. The third-order valence-electron chi connectivity index (χ3n) is 6.50. The first kappa shape index (κ1) is 19.7. The summed E-state index contributed by atoms with van der Waals surface area (Å²) in [6.45, 7) is 4.37. The Hall–Kier alpha value is -2.25. The number of aromatic nitrogens is 3. The molecule has 0 unspecified atom stereocenters. The van der Waals surface area contributed by atoms with E-state index in [9.17, 15) is 0 Å². The van der Waals surface area contributed by atoms with Gasteiger partial charge in [-0.15, -0.1) is 11.3 Å². The summed E-state index contributed by atoms with van der Waals surface area (Å²) in [7, 11) is 0. The van der Waals surface area contributed by atoms with Crippen molar-refractivity contribution in [1.29, 1.82) is 0 Å². The molecule has 0 spiro atoms. The number of nitrogens with zero attached hydrogens (tertiary/aromatic N) is 4. The van der Waals surface area contributed by atoms with Crippen LogP contribution < -0.4 is 5.32 Å². The maximum atomic E-state index is 5.91. The third kappa shape index (κ3) is 3.34. The van der Waals surface area contributed by atoms with Gasteiger partial charge in [0.1, 0.15) is 0 Å². The van der Waals surface area contributed by atoms with Crippen LogP contribution in [0.25, 0.3) is 5.13 Å². The molecule has 0 radical (unpaired) electrons. The molecule has 1 N–H and O–H groups in total. The maximum Gasteiger partial charge on any atom is 0.193 e. The molecule has 1 saturated heterocycles. The van der Waals surface area contributed by atoms with Crippen LogP contribution in [0.3, 0.4) is 0 Å². The fraction of sp³-hybridized carbons (Fsp3) is 0.435. The van der Waals surface area contributed by atoms with Crippen LogP contribution in [0, 0.1) is 13.8 Å². The fourth-order valence-electron chi connectivity index (χ4n) is 5.16. The lowest BCUT2D eigenvalue weighted by Gasteiger charge is -2.37. The molecule has 5 rings (SSSR count). The standard InChI is InChI=1S/C23H27N5S2/c1-15-14-18(16(2)27(15)23-25-12-13-30-23)21-20(19-10-6-7-11-24-19)26-22(29)28(21)17-8-4-3-5-9-17/h6-7,10-14,17,20-21H,3-5,8-9H2,1-2H3,(H,26,29)/t20-,21-/m0/s1. The van der Waals surface area contributed by atoms with E-state index >= 15 is 0 Å². The van der Waals surface area contributed by atoms with Crippen molar-refractivity contribution in [2.75, 3.05) is 0 Å². The molecule has 1 aliphatic heterocycles. The molecule has 3 aromatic heterocycles. The Morgan fingerprint density at radius 3 is 2.63 bits per heavy atom. The smallest absolute Gasteiger partial charge is 0.193 e. The quantitative estimate of drug-likeness (QED) is 0.565. The molecular formula is C23H27N5S2. The van der Waals surface area contributed by atoms with E-state index in [0.29, 0.717) is 6.04 Å². The van der Waals surface area contributed by atoms with Gasteiger partial charge in [0.15, 0.2) is 10.2 Å². The molecule has 5 nitrogen and oxygen atoms in total. The van der Waals surface area contributed by atoms with Gasteiger partial charge in [-0.05, 0) is 62.7 Å². The van der Waals surface area contributed by atoms with Crippen LogP contribution in [-0.2, 0) is 0 Å². The van der Waals surface area contributed by atoms with Gasteiger partial charge in [-0.1, -0.05) is 25.3 Å². The Morgan fingerprint density at radius 2 is 1.93 bits per heavy atom. The van der Waals surface area contributed by atoms with E-state index in [4.69, 9.17) is 17.2 Å². The lowest BCUT2D eigenvalue weighted by Crippen LogP contribution is -2.40. The highest BCUT2D eigenvalue weighted by atomic mass is 32.1. The van der Waals surface area contributed by atoms with Crippen LogP contribution in [-0.4, -0.2) is 30.6 Å². The molecule has 0 aromatic carbocycles. The van der Waals surface area contributed by atoms with Gasteiger partial charge < -0.3 is 10.2 Å². The van der Waals surface area contributed by atoms with E-state index in [2.05, 4.69) is 51.8 Å². The van der Waals surface area contributed by atoms with Crippen molar-refractivity contribution < 1.29 is 0 Å². The SMILES string of the molecule is Cc1cc([C@H]2[C@H](c3ccccn3)NC(=S)N2C2CCCCC2)c(C)n1-c1nccs1. The van der Waals surface area contributed by atoms with Crippen LogP contribution in [0.5, 0.6) is 0 Å². The molecule has 3 aromatic rings. The van der Waals surface area contributed by atoms with Crippen molar-refractivity contribution in [1.82, 2.24) is 24.8 Å². The Morgan fingerprint density at radius 1 is 1.10 bits per heavy atom. The number of pyridine rings is 1. The van der Waals surface area contributed by atoms with Crippen molar-refractivity contribution in [2.45, 2.75) is 64.1 Å². The van der Waals surface area contributed by atoms with E-state index in [1.165, 1.54) is 49.1 Å². The van der Waals surface area contributed by atoms with Gasteiger partial charge in [0.25, 0.3) is 0 Å². The monoisotopic (exact) mass is 437 g/mol. The Labute approximate surface area is 187 Å². The van der Waals surface area contributed by atoms with Crippen LogP contribution in [0.15, 0.2) is 42.0 Å². The van der Waals surface area contributed by atoms with Gasteiger partial charge >= 0.3 is 0 Å². The van der Waals surface area contributed by atoms with Crippen molar-refractivity contribution in [3.8, 4) is 5.13 Å². The highest BCUT2D eigenvalue weighted by Gasteiger charge is 2.44. The number of thiazole rings is 1. The van der Waals surface area contributed by atoms with Gasteiger partial charge in [0.05, 0.1) is 17.8 Å². The molecular weight excluding hydrogens is 410 g/mol. The first-order valence-electron chi connectivity index (χ1n) is 10.7. The zero-order valence-corrected chi connectivity index (χ0v) is 19.0. The molecule has 2 atom stereocenters. The molecule has 1 saturated carbocycles. The van der Waals surface area contributed by atoms with Crippen molar-refractivity contribution in [3.63, 3.8) is 0 Å². The second kappa shape index (κ2) is 8.12. The Bertz CT molecular complexity index is 1020. The van der Waals surface area contributed by atoms with Gasteiger partial charge in [0.2, 0.25) is 0 Å². The van der Waals surface area contributed by atoms with E-state index in [1.54, 1.807) is 11.3 Å². The highest BCUT2D eigenvalue weighted by Crippen LogP contribution is 2.44. The number of rotatable bonds is 4. The summed E-state index contributed by atoms with van der Waals surface area (Å²) in [4.78, 5) is 11.7. The number of hydrogen-bond donors (Lipinski definition) is 1. The predicted octanol–water partition coefficient (Wildman–Crippen LogP) is 5.25. The molecule has 2 aliphatic rings. The summed E-state index contributed by atoms with van der Waals surface area (Å²) in [5.74, 6) is 0. The molecule has 0 amide bonds. The lowest BCUT2D eigenvalue weighted by atomic mass is 9.90. The average molecular weight is 438 g/mol. The van der Waals surface area contributed by atoms with Crippen LogP contribution >= 0.6 is 23.6 Å². The fourth-order valence-corrected chi connectivity index (χ4v) is 6.30. The van der Waals surface area contributed by atoms with E-state index < -0.39 is 0 Å². The zero-order chi connectivity index (χ0) is 20.7. The average Bonchev–Trinajstić information content (AvgIpc) is 3.47. The zero-order valence-electron chi connectivity index (χ0n) is 17.4. The summed E-state index contributed by atoms with van der Waals surface area (Å²) in [5, 5.41) is 7.54. The summed E-state index contributed by atoms with van der Waals surface area (Å²) >= 11 is 7.58. The van der Waals surface area contributed by atoms with E-state index in [1.807, 2.05) is 23.8 Å². The first-order valence-corrected chi connectivity index (χ1v) is 12.0. The minimum absolute atomic E-state index is 0.0471. The normalized spacial score (nSPS) is 22.5. The van der Waals surface area contributed by atoms with Crippen LogP contribution in [0.1, 0.15) is 66.8 Å². The first-order chi connectivity index (χ1) is 14.6. The minimum Gasteiger partial charge on any atom is -0.352 e. The van der Waals surface area contributed by atoms with Crippen molar-refractivity contribution in [2.24, 2.45) is 0 Å². The molecule has 30 heavy (non-hydrogen) atoms. The summed E-state index contributed by atoms with van der Waals surface area (Å²) in [6, 6.07) is 9.13.